The second-order valence-electron chi connectivity index (χ2n) is 8.84. The molecule has 0 aromatic rings. The average molecular weight is 324 g/mol. The molecule has 5 nitrogen and oxygen atoms in total. The van der Waals surface area contributed by atoms with Gasteiger partial charge in [-0.1, -0.05) is 34.6 Å². The van der Waals surface area contributed by atoms with Gasteiger partial charge in [-0.15, -0.1) is 0 Å². The topological polar surface area (TPSA) is 58.6 Å². The number of carbonyl (C=O) groups is 2. The van der Waals surface area contributed by atoms with E-state index >= 15 is 0 Å². The fraction of sp³-hybridized carbons (Fsp3) is 0.889. The first-order chi connectivity index (χ1) is 10.6. The number of hydrogen-bond acceptors (Lipinski definition) is 4. The summed E-state index contributed by atoms with van der Waals surface area (Å²) >= 11 is 0. The van der Waals surface area contributed by atoms with Crippen molar-refractivity contribution in [2.24, 2.45) is 10.8 Å². The van der Waals surface area contributed by atoms with E-state index in [9.17, 15) is 9.59 Å². The maximum absolute atomic E-state index is 12.8. The van der Waals surface area contributed by atoms with Crippen LogP contribution < -0.4 is 5.32 Å². The zero-order chi connectivity index (χ0) is 17.3. The molecule has 2 aliphatic rings. The average Bonchev–Trinajstić information content (AvgIpc) is 2.97. The SMILES string of the molecule is CC1(C)CCC(N(OC(=O)C2CCCN2)C(=O)C(C)(C)C)CC1. The Bertz CT molecular complexity index is 438. The van der Waals surface area contributed by atoms with Crippen LogP contribution in [0.1, 0.15) is 73.1 Å². The van der Waals surface area contributed by atoms with E-state index in [0.29, 0.717) is 5.41 Å². The summed E-state index contributed by atoms with van der Waals surface area (Å²) < 4.78 is 0. The lowest BCUT2D eigenvalue weighted by atomic mass is 9.75. The molecule has 1 unspecified atom stereocenters. The van der Waals surface area contributed by atoms with Gasteiger partial charge in [0.15, 0.2) is 0 Å². The molecule has 1 aliphatic heterocycles. The van der Waals surface area contributed by atoms with Crippen LogP contribution in [0, 0.1) is 10.8 Å². The molecule has 2 fully saturated rings. The number of amides is 1. The van der Waals surface area contributed by atoms with E-state index in [1.54, 1.807) is 0 Å². The van der Waals surface area contributed by atoms with Gasteiger partial charge in [-0.2, -0.15) is 5.06 Å². The van der Waals surface area contributed by atoms with E-state index in [2.05, 4.69) is 19.2 Å². The van der Waals surface area contributed by atoms with E-state index < -0.39 is 5.41 Å². The monoisotopic (exact) mass is 324 g/mol. The van der Waals surface area contributed by atoms with Crippen LogP contribution in [0.15, 0.2) is 0 Å². The second kappa shape index (κ2) is 6.80. The summed E-state index contributed by atoms with van der Waals surface area (Å²) in [6.07, 6.45) is 5.63. The molecule has 1 amide bonds. The lowest BCUT2D eigenvalue weighted by molar-refractivity contribution is -0.217. The van der Waals surface area contributed by atoms with Gasteiger partial charge in [0.2, 0.25) is 0 Å². The van der Waals surface area contributed by atoms with Crippen molar-refractivity contribution in [3.63, 3.8) is 0 Å². The van der Waals surface area contributed by atoms with E-state index in [-0.39, 0.29) is 24.0 Å². The van der Waals surface area contributed by atoms with Crippen molar-refractivity contribution in [1.82, 2.24) is 10.4 Å². The van der Waals surface area contributed by atoms with Gasteiger partial charge in [0.1, 0.15) is 6.04 Å². The fourth-order valence-electron chi connectivity index (χ4n) is 3.28. The van der Waals surface area contributed by atoms with Gasteiger partial charge in [-0.25, -0.2) is 4.79 Å². The van der Waals surface area contributed by atoms with Crippen LogP contribution in [0.4, 0.5) is 0 Å². The van der Waals surface area contributed by atoms with Crippen LogP contribution in [0.3, 0.4) is 0 Å². The molecule has 0 spiro atoms. The van der Waals surface area contributed by atoms with Gasteiger partial charge in [-0.3, -0.25) is 4.79 Å². The molecule has 2 rings (SSSR count). The molecule has 23 heavy (non-hydrogen) atoms. The number of hydrogen-bond donors (Lipinski definition) is 1. The minimum absolute atomic E-state index is 0.0000954. The molecule has 0 radical (unpaired) electrons. The first kappa shape index (κ1) is 18.2. The normalized spacial score (nSPS) is 25.2. The molecule has 1 saturated heterocycles. The lowest BCUT2D eigenvalue weighted by Gasteiger charge is -2.40. The number of rotatable bonds is 2. The van der Waals surface area contributed by atoms with Crippen LogP contribution in [0.2, 0.25) is 0 Å². The first-order valence-corrected chi connectivity index (χ1v) is 8.89. The van der Waals surface area contributed by atoms with Crippen molar-refractivity contribution in [1.29, 1.82) is 0 Å². The van der Waals surface area contributed by atoms with Gasteiger partial charge < -0.3 is 10.2 Å². The number of nitrogens with one attached hydrogen (secondary N) is 1. The smallest absolute Gasteiger partial charge is 0.336 e. The Morgan fingerprint density at radius 3 is 2.22 bits per heavy atom. The molecule has 1 atom stereocenters. The molecule has 1 N–H and O–H groups in total. The summed E-state index contributed by atoms with van der Waals surface area (Å²) in [7, 11) is 0. The minimum Gasteiger partial charge on any atom is -0.336 e. The molecule has 132 valence electrons. The highest BCUT2D eigenvalue weighted by atomic mass is 16.7. The predicted octanol–water partition coefficient (Wildman–Crippen LogP) is 3.04. The summed E-state index contributed by atoms with van der Waals surface area (Å²) in [4.78, 5) is 30.8. The summed E-state index contributed by atoms with van der Waals surface area (Å²) in [5, 5.41) is 4.54. The lowest BCUT2D eigenvalue weighted by Crippen LogP contribution is -2.50. The highest BCUT2D eigenvalue weighted by molar-refractivity contribution is 5.83. The minimum atomic E-state index is -0.559. The van der Waals surface area contributed by atoms with Crippen molar-refractivity contribution in [3.05, 3.63) is 0 Å². The molecule has 0 bridgehead atoms. The summed E-state index contributed by atoms with van der Waals surface area (Å²) in [5.74, 6) is -0.418. The summed E-state index contributed by atoms with van der Waals surface area (Å²) in [6.45, 7) is 11.0. The Hall–Kier alpha value is -1.10. The van der Waals surface area contributed by atoms with Gasteiger partial charge in [0, 0.05) is 5.41 Å². The molecular weight excluding hydrogens is 292 g/mol. The maximum atomic E-state index is 12.8. The third-order valence-electron chi connectivity index (χ3n) is 5.02. The van der Waals surface area contributed by atoms with Crippen LogP contribution in [0.25, 0.3) is 0 Å². The largest absolute Gasteiger partial charge is 0.349 e. The van der Waals surface area contributed by atoms with Crippen molar-refractivity contribution in [3.8, 4) is 0 Å². The van der Waals surface area contributed by atoms with Crippen LogP contribution in [-0.4, -0.2) is 35.6 Å². The van der Waals surface area contributed by atoms with Gasteiger partial charge >= 0.3 is 5.97 Å². The molecule has 1 aliphatic carbocycles. The van der Waals surface area contributed by atoms with Crippen LogP contribution in [-0.2, 0) is 14.4 Å². The summed E-state index contributed by atoms with van der Waals surface area (Å²) in [5.41, 5.74) is -0.250. The Kier molecular flexibility index (Phi) is 5.39. The Labute approximate surface area is 140 Å². The Morgan fingerprint density at radius 2 is 1.74 bits per heavy atom. The van der Waals surface area contributed by atoms with Crippen molar-refractivity contribution < 1.29 is 14.4 Å². The van der Waals surface area contributed by atoms with E-state index in [4.69, 9.17) is 4.84 Å². The first-order valence-electron chi connectivity index (χ1n) is 8.89. The molecule has 0 aromatic heterocycles. The third-order valence-corrected chi connectivity index (χ3v) is 5.02. The Morgan fingerprint density at radius 1 is 1.13 bits per heavy atom. The quantitative estimate of drug-likeness (QED) is 0.793. The third kappa shape index (κ3) is 4.69. The van der Waals surface area contributed by atoms with E-state index in [0.717, 1.165) is 45.1 Å². The van der Waals surface area contributed by atoms with Gasteiger partial charge in [0.05, 0.1) is 6.04 Å². The standard InChI is InChI=1S/C18H32N2O3/c1-17(2,3)16(22)20(13-8-10-18(4,5)11-9-13)23-15(21)14-7-6-12-19-14/h13-14,19H,6-12H2,1-5H3. The summed E-state index contributed by atoms with van der Waals surface area (Å²) in [6, 6.07) is -0.273. The van der Waals surface area contributed by atoms with E-state index in [1.807, 2.05) is 20.8 Å². The molecular formula is C18H32N2O3. The van der Waals surface area contributed by atoms with E-state index in [1.165, 1.54) is 5.06 Å². The fourth-order valence-corrected chi connectivity index (χ4v) is 3.28. The van der Waals surface area contributed by atoms with Crippen molar-refractivity contribution in [2.45, 2.75) is 85.2 Å². The predicted molar refractivity (Wildman–Crippen MR) is 89.5 cm³/mol. The highest BCUT2D eigenvalue weighted by Gasteiger charge is 2.39. The second-order valence-corrected chi connectivity index (χ2v) is 8.84. The molecule has 5 heteroatoms. The number of hydroxylamine groups is 2. The molecule has 1 heterocycles. The van der Waals surface area contributed by atoms with Crippen molar-refractivity contribution in [2.75, 3.05) is 6.54 Å². The maximum Gasteiger partial charge on any atom is 0.349 e. The number of carbonyl (C=O) groups excluding carboxylic acids is 2. The highest BCUT2D eigenvalue weighted by Crippen LogP contribution is 2.38. The zero-order valence-corrected chi connectivity index (χ0v) is 15.3. The Balaban J connectivity index is 2.09. The molecule has 0 aromatic carbocycles. The van der Waals surface area contributed by atoms with Gasteiger partial charge in [0.25, 0.3) is 5.91 Å². The van der Waals surface area contributed by atoms with Gasteiger partial charge in [-0.05, 0) is 50.5 Å². The number of nitrogens with zero attached hydrogens (tertiary/aromatic N) is 1. The zero-order valence-electron chi connectivity index (χ0n) is 15.3. The van der Waals surface area contributed by atoms with Crippen LogP contribution >= 0.6 is 0 Å². The molecule has 1 saturated carbocycles. The van der Waals surface area contributed by atoms with Crippen molar-refractivity contribution >= 4 is 11.9 Å². The van der Waals surface area contributed by atoms with Crippen LogP contribution in [0.5, 0.6) is 0 Å².